The van der Waals surface area contributed by atoms with Crippen molar-refractivity contribution >= 4 is 12.0 Å². The highest BCUT2D eigenvalue weighted by Gasteiger charge is 2.39. The summed E-state index contributed by atoms with van der Waals surface area (Å²) in [5.74, 6) is -0.882. The van der Waals surface area contributed by atoms with E-state index in [0.29, 0.717) is 12.5 Å². The summed E-state index contributed by atoms with van der Waals surface area (Å²) in [5.41, 5.74) is 0. The van der Waals surface area contributed by atoms with Gasteiger partial charge in [-0.15, -0.1) is 0 Å². The average Bonchev–Trinajstić information content (AvgIpc) is 2.97. The van der Waals surface area contributed by atoms with Gasteiger partial charge in [-0.1, -0.05) is 6.92 Å². The molecule has 0 aromatic rings. The molecule has 4 atom stereocenters. The van der Waals surface area contributed by atoms with Gasteiger partial charge >= 0.3 is 12.0 Å². The second-order valence-electron chi connectivity index (χ2n) is 5.73. The van der Waals surface area contributed by atoms with Gasteiger partial charge in [0.15, 0.2) is 0 Å². The number of amides is 2. The highest BCUT2D eigenvalue weighted by Crippen LogP contribution is 2.25. The molecule has 4 unspecified atom stereocenters. The third-order valence-corrected chi connectivity index (χ3v) is 4.21. The second kappa shape index (κ2) is 5.77. The quantitative estimate of drug-likeness (QED) is 0.799. The first-order chi connectivity index (χ1) is 8.99. The minimum atomic E-state index is -0.906. The van der Waals surface area contributed by atoms with Gasteiger partial charge in [0.2, 0.25) is 0 Å². The predicted molar refractivity (Wildman–Crippen MR) is 68.8 cm³/mol. The Morgan fingerprint density at radius 1 is 1.32 bits per heavy atom. The zero-order valence-corrected chi connectivity index (χ0v) is 11.5. The van der Waals surface area contributed by atoms with E-state index in [1.54, 1.807) is 7.05 Å². The zero-order valence-electron chi connectivity index (χ0n) is 11.5. The SMILES string of the molecule is CC1CCC(NC(=O)N(C)C2COCC2C(=O)O)C1. The number of carboxylic acids is 1. The van der Waals surface area contributed by atoms with Crippen LogP contribution in [-0.2, 0) is 9.53 Å². The summed E-state index contributed by atoms with van der Waals surface area (Å²) in [6.07, 6.45) is 3.15. The molecule has 1 saturated carbocycles. The molecule has 6 nitrogen and oxygen atoms in total. The molecule has 2 amide bonds. The number of carbonyl (C=O) groups is 2. The summed E-state index contributed by atoms with van der Waals surface area (Å²) in [5, 5.41) is 12.1. The Hall–Kier alpha value is -1.30. The fraction of sp³-hybridized carbons (Fsp3) is 0.846. The molecule has 1 saturated heterocycles. The Morgan fingerprint density at radius 2 is 2.05 bits per heavy atom. The Labute approximate surface area is 113 Å². The number of nitrogens with zero attached hydrogens (tertiary/aromatic N) is 1. The summed E-state index contributed by atoms with van der Waals surface area (Å²) < 4.78 is 5.19. The van der Waals surface area contributed by atoms with Crippen molar-refractivity contribution in [3.05, 3.63) is 0 Å². The van der Waals surface area contributed by atoms with Gasteiger partial charge in [-0.3, -0.25) is 4.79 Å². The average molecular weight is 270 g/mol. The summed E-state index contributed by atoms with van der Waals surface area (Å²) in [7, 11) is 1.64. The zero-order chi connectivity index (χ0) is 14.0. The lowest BCUT2D eigenvalue weighted by Crippen LogP contribution is -2.50. The molecule has 108 valence electrons. The smallest absolute Gasteiger partial charge is 0.317 e. The van der Waals surface area contributed by atoms with Gasteiger partial charge in [-0.05, 0) is 25.2 Å². The van der Waals surface area contributed by atoms with Gasteiger partial charge in [-0.25, -0.2) is 4.79 Å². The molecule has 0 bridgehead atoms. The predicted octanol–water partition coefficient (Wildman–Crippen LogP) is 0.916. The van der Waals surface area contributed by atoms with Crippen molar-refractivity contribution in [3.63, 3.8) is 0 Å². The highest BCUT2D eigenvalue weighted by atomic mass is 16.5. The van der Waals surface area contributed by atoms with E-state index in [2.05, 4.69) is 12.2 Å². The van der Waals surface area contributed by atoms with Crippen LogP contribution in [0.1, 0.15) is 26.2 Å². The van der Waals surface area contributed by atoms with Crippen LogP contribution >= 0.6 is 0 Å². The van der Waals surface area contributed by atoms with Crippen LogP contribution in [0.5, 0.6) is 0 Å². The first-order valence-corrected chi connectivity index (χ1v) is 6.83. The molecule has 0 spiro atoms. The van der Waals surface area contributed by atoms with Crippen LogP contribution < -0.4 is 5.32 Å². The Morgan fingerprint density at radius 3 is 2.63 bits per heavy atom. The monoisotopic (exact) mass is 270 g/mol. The minimum absolute atomic E-state index is 0.179. The number of carbonyl (C=O) groups excluding carboxylic acids is 1. The molecule has 1 heterocycles. The molecule has 2 rings (SSSR count). The van der Waals surface area contributed by atoms with Gasteiger partial charge in [-0.2, -0.15) is 0 Å². The maximum Gasteiger partial charge on any atom is 0.317 e. The topological polar surface area (TPSA) is 78.9 Å². The van der Waals surface area contributed by atoms with E-state index in [9.17, 15) is 9.59 Å². The normalized spacial score (nSPS) is 34.2. The molecular formula is C13H22N2O4. The number of carboxylic acid groups (broad SMARTS) is 1. The van der Waals surface area contributed by atoms with Crippen molar-refractivity contribution in [1.82, 2.24) is 10.2 Å². The standard InChI is InChI=1S/C13H22N2O4/c1-8-3-4-9(5-8)14-13(18)15(2)11-7-19-6-10(11)12(16)17/h8-11H,3-7H2,1-2H3,(H,14,18)(H,16,17). The Balaban J connectivity index is 1.89. The van der Waals surface area contributed by atoms with Crippen molar-refractivity contribution in [1.29, 1.82) is 0 Å². The number of aliphatic carboxylic acids is 1. The molecule has 0 aromatic heterocycles. The summed E-state index contributed by atoms with van der Waals surface area (Å²) in [4.78, 5) is 24.7. The van der Waals surface area contributed by atoms with Crippen LogP contribution in [0.4, 0.5) is 4.79 Å². The van der Waals surface area contributed by atoms with E-state index in [-0.39, 0.29) is 24.7 Å². The minimum Gasteiger partial charge on any atom is -0.481 e. The van der Waals surface area contributed by atoms with Crippen LogP contribution in [0.15, 0.2) is 0 Å². The fourth-order valence-corrected chi connectivity index (χ4v) is 2.93. The molecule has 1 aliphatic carbocycles. The molecular weight excluding hydrogens is 248 g/mol. The number of ether oxygens (including phenoxy) is 1. The number of likely N-dealkylation sites (N-methyl/N-ethyl adjacent to an activating group) is 1. The van der Waals surface area contributed by atoms with E-state index in [0.717, 1.165) is 19.3 Å². The molecule has 1 aliphatic heterocycles. The first-order valence-electron chi connectivity index (χ1n) is 6.83. The molecule has 2 fully saturated rings. The molecule has 19 heavy (non-hydrogen) atoms. The maximum absolute atomic E-state index is 12.1. The molecule has 0 aromatic carbocycles. The van der Waals surface area contributed by atoms with Gasteiger partial charge in [0.1, 0.15) is 5.92 Å². The van der Waals surface area contributed by atoms with Crippen LogP contribution in [0.3, 0.4) is 0 Å². The number of hydrogen-bond acceptors (Lipinski definition) is 3. The van der Waals surface area contributed by atoms with Crippen molar-refractivity contribution in [2.45, 2.75) is 38.3 Å². The number of nitrogens with one attached hydrogen (secondary N) is 1. The maximum atomic E-state index is 12.1. The second-order valence-corrected chi connectivity index (χ2v) is 5.73. The lowest BCUT2D eigenvalue weighted by Gasteiger charge is -2.28. The van der Waals surface area contributed by atoms with E-state index < -0.39 is 11.9 Å². The van der Waals surface area contributed by atoms with Crippen LogP contribution in [0.2, 0.25) is 0 Å². The summed E-state index contributed by atoms with van der Waals surface area (Å²) >= 11 is 0. The van der Waals surface area contributed by atoms with E-state index >= 15 is 0 Å². The summed E-state index contributed by atoms with van der Waals surface area (Å²) in [6, 6.07) is -0.354. The fourth-order valence-electron chi connectivity index (χ4n) is 2.93. The number of hydrogen-bond donors (Lipinski definition) is 2. The van der Waals surface area contributed by atoms with Gasteiger partial charge in [0.25, 0.3) is 0 Å². The lowest BCUT2D eigenvalue weighted by atomic mass is 10.0. The number of rotatable bonds is 3. The van der Waals surface area contributed by atoms with Crippen LogP contribution in [0, 0.1) is 11.8 Å². The van der Waals surface area contributed by atoms with E-state index in [4.69, 9.17) is 9.84 Å². The third-order valence-electron chi connectivity index (χ3n) is 4.21. The largest absolute Gasteiger partial charge is 0.481 e. The van der Waals surface area contributed by atoms with Crippen LogP contribution in [-0.4, -0.2) is 54.4 Å². The summed E-state index contributed by atoms with van der Waals surface area (Å²) in [6.45, 7) is 2.65. The molecule has 2 N–H and O–H groups in total. The van der Waals surface area contributed by atoms with Crippen molar-refractivity contribution in [3.8, 4) is 0 Å². The van der Waals surface area contributed by atoms with Crippen LogP contribution in [0.25, 0.3) is 0 Å². The van der Waals surface area contributed by atoms with Gasteiger partial charge < -0.3 is 20.1 Å². The Bertz CT molecular complexity index is 361. The lowest BCUT2D eigenvalue weighted by molar-refractivity contribution is -0.142. The number of urea groups is 1. The van der Waals surface area contributed by atoms with Crippen molar-refractivity contribution in [2.24, 2.45) is 11.8 Å². The van der Waals surface area contributed by atoms with E-state index in [1.165, 1.54) is 4.90 Å². The van der Waals surface area contributed by atoms with Gasteiger partial charge in [0.05, 0.1) is 19.3 Å². The Kier molecular flexibility index (Phi) is 4.29. The van der Waals surface area contributed by atoms with Crippen molar-refractivity contribution in [2.75, 3.05) is 20.3 Å². The molecule has 0 radical (unpaired) electrons. The molecule has 6 heteroatoms. The van der Waals surface area contributed by atoms with Crippen molar-refractivity contribution < 1.29 is 19.4 Å². The molecule has 2 aliphatic rings. The first kappa shape index (κ1) is 14.1. The third kappa shape index (κ3) is 3.18. The van der Waals surface area contributed by atoms with E-state index in [1.807, 2.05) is 0 Å². The highest BCUT2D eigenvalue weighted by molar-refractivity contribution is 5.77. The van der Waals surface area contributed by atoms with Gasteiger partial charge in [0, 0.05) is 13.1 Å².